The number of fused-ring (bicyclic) bond motifs is 5. The summed E-state index contributed by atoms with van der Waals surface area (Å²) in [6.07, 6.45) is 5.15. The molecule has 32 heavy (non-hydrogen) atoms. The number of ketones is 2. The highest BCUT2D eigenvalue weighted by Crippen LogP contribution is 2.73. The molecule has 0 radical (unpaired) electrons. The Balaban J connectivity index is 1.81. The van der Waals surface area contributed by atoms with Crippen LogP contribution in [-0.4, -0.2) is 39.3 Å². The van der Waals surface area contributed by atoms with Gasteiger partial charge in [0.15, 0.2) is 11.4 Å². The molecule has 4 aliphatic rings. The smallest absolute Gasteiger partial charge is 0.306 e. The van der Waals surface area contributed by atoms with E-state index >= 15 is 0 Å². The molecule has 4 saturated carbocycles. The van der Waals surface area contributed by atoms with E-state index in [0.29, 0.717) is 25.0 Å². The van der Waals surface area contributed by atoms with Crippen LogP contribution in [0.2, 0.25) is 0 Å². The Morgan fingerprint density at radius 1 is 1.16 bits per heavy atom. The molecule has 0 aromatic heterocycles. The first-order valence-corrected chi connectivity index (χ1v) is 13.4. The summed E-state index contributed by atoms with van der Waals surface area (Å²) in [5.74, 6) is -0.222. The zero-order valence-corrected chi connectivity index (χ0v) is 21.8. The molecule has 0 unspecified atom stereocenters. The van der Waals surface area contributed by atoms with Gasteiger partial charge in [0.25, 0.3) is 0 Å². The number of ether oxygens (including phenoxy) is 1. The zero-order chi connectivity index (χ0) is 23.7. The SMILES string of the molecule is CCC(=O)O[C@]1(C(=O)CCl)[C@@H](C)C[C@H]2[C@@H]3CC[C@H]4CC(=O)CC[C@]4(C)[C@@]3(Cl)[C@@H](Cl)C[C@@]21C. The first-order valence-electron chi connectivity index (χ1n) is 12.1. The topological polar surface area (TPSA) is 60.4 Å². The second-order valence-corrected chi connectivity index (χ2v) is 12.7. The van der Waals surface area contributed by atoms with E-state index in [1.165, 1.54) is 0 Å². The molecule has 4 rings (SSSR count). The van der Waals surface area contributed by atoms with Crippen molar-refractivity contribution in [2.24, 2.45) is 34.5 Å². The number of hydrogen-bond donors (Lipinski definition) is 0. The molecule has 4 aliphatic carbocycles. The summed E-state index contributed by atoms with van der Waals surface area (Å²) in [6, 6.07) is 0. The number of Topliss-reactive ketones (excluding diaryl/α,β-unsaturated/α-hetero) is 2. The summed E-state index contributed by atoms with van der Waals surface area (Å²) in [5, 5.41) is -0.399. The molecule has 4 nitrogen and oxygen atoms in total. The fourth-order valence-electron chi connectivity index (χ4n) is 8.52. The molecule has 7 heteroatoms. The third-order valence-corrected chi connectivity index (χ3v) is 12.0. The lowest BCUT2D eigenvalue weighted by atomic mass is 9.43. The number of alkyl halides is 3. The summed E-state index contributed by atoms with van der Waals surface area (Å²) < 4.78 is 6.07. The largest absolute Gasteiger partial charge is 0.450 e. The van der Waals surface area contributed by atoms with Crippen molar-refractivity contribution in [3.8, 4) is 0 Å². The monoisotopic (exact) mass is 504 g/mol. The van der Waals surface area contributed by atoms with Crippen LogP contribution < -0.4 is 0 Å². The maximum atomic E-state index is 13.4. The Hall–Kier alpha value is -0.320. The van der Waals surface area contributed by atoms with Crippen LogP contribution in [0.4, 0.5) is 0 Å². The average Bonchev–Trinajstić information content (AvgIpc) is 2.96. The van der Waals surface area contributed by atoms with Crippen LogP contribution in [0.25, 0.3) is 0 Å². The number of carbonyl (C=O) groups excluding carboxylic acids is 3. The van der Waals surface area contributed by atoms with E-state index in [0.717, 1.165) is 25.7 Å². The van der Waals surface area contributed by atoms with Crippen LogP contribution in [0, 0.1) is 34.5 Å². The molecule has 9 atom stereocenters. The van der Waals surface area contributed by atoms with Crippen molar-refractivity contribution < 1.29 is 19.1 Å². The van der Waals surface area contributed by atoms with E-state index in [1.807, 2.05) is 6.92 Å². The number of rotatable bonds is 4. The fourth-order valence-corrected chi connectivity index (χ4v) is 10.0. The van der Waals surface area contributed by atoms with E-state index < -0.39 is 21.3 Å². The second-order valence-electron chi connectivity index (χ2n) is 11.3. The van der Waals surface area contributed by atoms with Gasteiger partial charge in [-0.15, -0.1) is 34.8 Å². The molecule has 0 aliphatic heterocycles. The third-order valence-electron chi connectivity index (χ3n) is 10.2. The molecule has 0 amide bonds. The number of carbonyl (C=O) groups is 3. The molecule has 0 heterocycles. The van der Waals surface area contributed by atoms with Crippen molar-refractivity contribution in [3.63, 3.8) is 0 Å². The Bertz CT molecular complexity index is 832. The van der Waals surface area contributed by atoms with Gasteiger partial charge in [-0.1, -0.05) is 27.7 Å². The Morgan fingerprint density at radius 2 is 1.84 bits per heavy atom. The molecular weight excluding hydrogens is 471 g/mol. The van der Waals surface area contributed by atoms with Gasteiger partial charge in [-0.25, -0.2) is 0 Å². The van der Waals surface area contributed by atoms with E-state index in [4.69, 9.17) is 39.5 Å². The lowest BCUT2D eigenvalue weighted by molar-refractivity contribution is -0.195. The second kappa shape index (κ2) is 8.12. The van der Waals surface area contributed by atoms with E-state index in [1.54, 1.807) is 6.92 Å². The number of hydrogen-bond acceptors (Lipinski definition) is 4. The van der Waals surface area contributed by atoms with Gasteiger partial charge in [-0.3, -0.25) is 14.4 Å². The summed E-state index contributed by atoms with van der Waals surface area (Å²) in [6.45, 7) is 8.04. The van der Waals surface area contributed by atoms with Gasteiger partial charge < -0.3 is 4.74 Å². The van der Waals surface area contributed by atoms with Crippen molar-refractivity contribution in [3.05, 3.63) is 0 Å². The predicted molar refractivity (Wildman–Crippen MR) is 126 cm³/mol. The minimum absolute atomic E-state index is 0.0904. The van der Waals surface area contributed by atoms with Crippen LogP contribution in [0.15, 0.2) is 0 Å². The van der Waals surface area contributed by atoms with Crippen LogP contribution in [0.3, 0.4) is 0 Å². The highest BCUT2D eigenvalue weighted by Gasteiger charge is 2.76. The maximum absolute atomic E-state index is 13.4. The molecule has 0 N–H and O–H groups in total. The van der Waals surface area contributed by atoms with Gasteiger partial charge in [0, 0.05) is 30.6 Å². The van der Waals surface area contributed by atoms with Crippen molar-refractivity contribution in [2.75, 3.05) is 5.88 Å². The molecule has 4 fully saturated rings. The average molecular weight is 506 g/mol. The number of esters is 1. The highest BCUT2D eigenvalue weighted by atomic mass is 35.5. The minimum Gasteiger partial charge on any atom is -0.450 e. The summed E-state index contributed by atoms with van der Waals surface area (Å²) in [7, 11) is 0. The normalized spacial score (nSPS) is 50.2. The van der Waals surface area contributed by atoms with E-state index in [9.17, 15) is 14.4 Å². The van der Waals surface area contributed by atoms with E-state index in [2.05, 4.69) is 13.8 Å². The van der Waals surface area contributed by atoms with Gasteiger partial charge >= 0.3 is 5.97 Å². The predicted octanol–water partition coefficient (Wildman–Crippen LogP) is 5.92. The standard InChI is InChI=1S/C25H35Cl3O4/c1-5-21(31)32-25(20(30)13-26)14(2)10-18-17-7-6-15-11-16(29)8-9-22(15,3)24(17,28)19(27)12-23(18,25)4/h14-15,17-19H,5-13H2,1-4H3/t14-,15-,17-,18-,19-,22-,23-,24-,25-/m0/s1. The van der Waals surface area contributed by atoms with Crippen LogP contribution in [-0.2, 0) is 19.1 Å². The van der Waals surface area contributed by atoms with Crippen LogP contribution in [0.1, 0.15) is 79.1 Å². The highest BCUT2D eigenvalue weighted by molar-refractivity contribution is 6.33. The van der Waals surface area contributed by atoms with Crippen molar-refractivity contribution in [1.29, 1.82) is 0 Å². The summed E-state index contributed by atoms with van der Waals surface area (Å²) in [4.78, 5) is 37.5. The number of halogens is 3. The molecule has 0 aromatic carbocycles. The Kier molecular flexibility index (Phi) is 6.29. The molecule has 0 aromatic rings. The Labute approximate surface area is 206 Å². The van der Waals surface area contributed by atoms with Crippen molar-refractivity contribution in [1.82, 2.24) is 0 Å². The van der Waals surface area contributed by atoms with Crippen LogP contribution in [0.5, 0.6) is 0 Å². The van der Waals surface area contributed by atoms with Gasteiger partial charge in [0.2, 0.25) is 0 Å². The lowest BCUT2D eigenvalue weighted by Gasteiger charge is -2.66. The molecule has 0 spiro atoms. The van der Waals surface area contributed by atoms with Gasteiger partial charge in [-0.05, 0) is 55.3 Å². The zero-order valence-electron chi connectivity index (χ0n) is 19.5. The molecule has 0 saturated heterocycles. The van der Waals surface area contributed by atoms with Crippen molar-refractivity contribution >= 4 is 52.3 Å². The fraction of sp³-hybridized carbons (Fsp3) is 0.880. The van der Waals surface area contributed by atoms with Gasteiger partial charge in [0.1, 0.15) is 5.78 Å². The van der Waals surface area contributed by atoms with Gasteiger partial charge in [0.05, 0.1) is 16.1 Å². The lowest BCUT2D eigenvalue weighted by Crippen LogP contribution is -2.70. The molecular formula is C25H35Cl3O4. The first kappa shape index (κ1) is 24.8. The Morgan fingerprint density at radius 3 is 2.47 bits per heavy atom. The van der Waals surface area contributed by atoms with E-state index in [-0.39, 0.29) is 53.1 Å². The summed E-state index contributed by atoms with van der Waals surface area (Å²) in [5.41, 5.74) is -2.14. The minimum atomic E-state index is -1.28. The van der Waals surface area contributed by atoms with Crippen molar-refractivity contribution in [2.45, 2.75) is 94.9 Å². The molecule has 0 bridgehead atoms. The quantitative estimate of drug-likeness (QED) is 0.351. The van der Waals surface area contributed by atoms with Crippen LogP contribution >= 0.6 is 34.8 Å². The first-order chi connectivity index (χ1) is 14.9. The maximum Gasteiger partial charge on any atom is 0.306 e. The molecule has 180 valence electrons. The third kappa shape index (κ3) is 2.97. The summed E-state index contributed by atoms with van der Waals surface area (Å²) >= 11 is 21.0. The van der Waals surface area contributed by atoms with Gasteiger partial charge in [-0.2, -0.15) is 0 Å².